The smallest absolute Gasteiger partial charge is 0.301 e. The molecule has 1 atom stereocenters. The van der Waals surface area contributed by atoms with Gasteiger partial charge in [0.25, 0.3) is 0 Å². The predicted octanol–water partition coefficient (Wildman–Crippen LogP) is 5.64. The molecule has 0 radical (unpaired) electrons. The number of aromatic nitrogens is 4. The minimum Gasteiger partial charge on any atom is -0.301 e. The molecule has 1 aliphatic rings. The Labute approximate surface area is 227 Å². The SMILES string of the molecule is Cc1cccc(C)c1-n1nnnc1[C@@H](c1cccc(C(F)(F)F)c1)N1CCN(CCCc2ccccc2)CC1. The zero-order chi connectivity index (χ0) is 27.4. The third-order valence-corrected chi connectivity index (χ3v) is 7.47. The van der Waals surface area contributed by atoms with Crippen LogP contribution in [0.3, 0.4) is 0 Å². The Kier molecular flexibility index (Phi) is 8.09. The maximum atomic E-state index is 13.7. The first-order chi connectivity index (χ1) is 18.8. The molecule has 1 aliphatic heterocycles. The topological polar surface area (TPSA) is 50.1 Å². The molecule has 2 heterocycles. The van der Waals surface area contributed by atoms with Crippen molar-refractivity contribution in [1.29, 1.82) is 0 Å². The van der Waals surface area contributed by atoms with Gasteiger partial charge in [0.2, 0.25) is 0 Å². The first kappa shape index (κ1) is 27.0. The minimum absolute atomic E-state index is 0.518. The van der Waals surface area contributed by atoms with Crippen molar-refractivity contribution in [1.82, 2.24) is 30.0 Å². The first-order valence-corrected chi connectivity index (χ1v) is 13.3. The van der Waals surface area contributed by atoms with Gasteiger partial charge < -0.3 is 4.90 Å². The van der Waals surface area contributed by atoms with Crippen LogP contribution in [0.25, 0.3) is 5.69 Å². The fourth-order valence-electron chi connectivity index (χ4n) is 5.47. The van der Waals surface area contributed by atoms with Gasteiger partial charge in [0.1, 0.15) is 0 Å². The summed E-state index contributed by atoms with van der Waals surface area (Å²) in [6, 6.07) is 21.4. The molecule has 0 amide bonds. The van der Waals surface area contributed by atoms with Gasteiger partial charge in [-0.2, -0.15) is 17.9 Å². The molecule has 0 saturated carbocycles. The number of hydrogen-bond donors (Lipinski definition) is 0. The molecule has 0 N–H and O–H groups in total. The molecule has 1 saturated heterocycles. The molecule has 1 fully saturated rings. The lowest BCUT2D eigenvalue weighted by Gasteiger charge is -2.39. The minimum atomic E-state index is -4.43. The van der Waals surface area contributed by atoms with E-state index >= 15 is 0 Å². The molecule has 204 valence electrons. The molecule has 4 aromatic rings. The van der Waals surface area contributed by atoms with Crippen LogP contribution in [0, 0.1) is 13.8 Å². The number of alkyl halides is 3. The van der Waals surface area contributed by atoms with Crippen LogP contribution in [0.5, 0.6) is 0 Å². The second-order valence-corrected chi connectivity index (χ2v) is 10.2. The molecule has 0 bridgehead atoms. The number of aryl methyl sites for hydroxylation is 3. The summed E-state index contributed by atoms with van der Waals surface area (Å²) < 4.78 is 42.8. The fraction of sp³-hybridized carbons (Fsp3) is 0.367. The highest BCUT2D eigenvalue weighted by molar-refractivity contribution is 5.47. The second-order valence-electron chi connectivity index (χ2n) is 10.2. The molecule has 1 aromatic heterocycles. The van der Waals surface area contributed by atoms with E-state index in [4.69, 9.17) is 0 Å². The zero-order valence-electron chi connectivity index (χ0n) is 22.3. The average molecular weight is 535 g/mol. The quantitative estimate of drug-likeness (QED) is 0.293. The highest BCUT2D eigenvalue weighted by Crippen LogP contribution is 2.35. The number of tetrazole rings is 1. The van der Waals surface area contributed by atoms with E-state index in [2.05, 4.69) is 49.6 Å². The maximum absolute atomic E-state index is 13.7. The Morgan fingerprint density at radius 1 is 0.846 bits per heavy atom. The molecule has 0 spiro atoms. The lowest BCUT2D eigenvalue weighted by molar-refractivity contribution is -0.137. The molecule has 5 rings (SSSR count). The monoisotopic (exact) mass is 534 g/mol. The van der Waals surface area contributed by atoms with Crippen LogP contribution in [0.15, 0.2) is 72.8 Å². The number of nitrogens with zero attached hydrogens (tertiary/aromatic N) is 6. The largest absolute Gasteiger partial charge is 0.416 e. The lowest BCUT2D eigenvalue weighted by atomic mass is 10.00. The lowest BCUT2D eigenvalue weighted by Crippen LogP contribution is -2.48. The Hall–Kier alpha value is -3.56. The summed E-state index contributed by atoms with van der Waals surface area (Å²) in [7, 11) is 0. The van der Waals surface area contributed by atoms with Crippen LogP contribution in [-0.2, 0) is 12.6 Å². The zero-order valence-corrected chi connectivity index (χ0v) is 22.3. The maximum Gasteiger partial charge on any atom is 0.416 e. The molecule has 6 nitrogen and oxygen atoms in total. The number of halogens is 3. The first-order valence-electron chi connectivity index (χ1n) is 13.3. The number of piperazine rings is 1. The Morgan fingerprint density at radius 2 is 1.54 bits per heavy atom. The highest BCUT2D eigenvalue weighted by Gasteiger charge is 2.35. The number of para-hydroxylation sites is 1. The van der Waals surface area contributed by atoms with E-state index in [-0.39, 0.29) is 0 Å². The standard InChI is InChI=1S/C30H33F3N6/c1-22-9-6-10-23(2)27(22)39-29(34-35-36-39)28(25-14-7-15-26(21-25)30(31,32)33)38-19-17-37(18-20-38)16-8-13-24-11-4-3-5-12-24/h3-7,9-12,14-15,21,28H,8,13,16-20H2,1-2H3/t28-/m1/s1. The van der Waals surface area contributed by atoms with Gasteiger partial charge in [-0.15, -0.1) is 5.10 Å². The third-order valence-electron chi connectivity index (χ3n) is 7.47. The number of hydrogen-bond acceptors (Lipinski definition) is 5. The summed E-state index contributed by atoms with van der Waals surface area (Å²) in [4.78, 5) is 4.64. The van der Waals surface area contributed by atoms with E-state index in [0.29, 0.717) is 24.5 Å². The molecule has 39 heavy (non-hydrogen) atoms. The fourth-order valence-corrected chi connectivity index (χ4v) is 5.47. The summed E-state index contributed by atoms with van der Waals surface area (Å²) in [6.45, 7) is 8.02. The summed E-state index contributed by atoms with van der Waals surface area (Å²) in [5, 5.41) is 12.7. The van der Waals surface area contributed by atoms with Gasteiger partial charge in [-0.1, -0.05) is 60.7 Å². The molecule has 9 heteroatoms. The van der Waals surface area contributed by atoms with Crippen molar-refractivity contribution in [3.05, 3.63) is 106 Å². The van der Waals surface area contributed by atoms with Crippen molar-refractivity contribution in [3.8, 4) is 5.69 Å². The Bertz CT molecular complexity index is 1360. The van der Waals surface area contributed by atoms with Crippen LogP contribution in [0.4, 0.5) is 13.2 Å². The summed E-state index contributed by atoms with van der Waals surface area (Å²) in [6.07, 6.45) is -2.35. The van der Waals surface area contributed by atoms with Crippen LogP contribution in [-0.4, -0.2) is 62.7 Å². The predicted molar refractivity (Wildman–Crippen MR) is 145 cm³/mol. The molecule has 3 aromatic carbocycles. The summed E-state index contributed by atoms with van der Waals surface area (Å²) in [5.74, 6) is 0.518. The third kappa shape index (κ3) is 6.20. The van der Waals surface area contributed by atoms with Crippen molar-refractivity contribution in [2.45, 2.75) is 38.9 Å². The molecular formula is C30H33F3N6. The Morgan fingerprint density at radius 3 is 2.23 bits per heavy atom. The summed E-state index contributed by atoms with van der Waals surface area (Å²) in [5.41, 5.74) is 4.04. The average Bonchev–Trinajstić information content (AvgIpc) is 3.39. The van der Waals surface area contributed by atoms with Crippen molar-refractivity contribution < 1.29 is 13.2 Å². The van der Waals surface area contributed by atoms with E-state index in [1.54, 1.807) is 10.7 Å². The van der Waals surface area contributed by atoms with Crippen LogP contribution < -0.4 is 0 Å². The van der Waals surface area contributed by atoms with Gasteiger partial charge >= 0.3 is 6.18 Å². The van der Waals surface area contributed by atoms with Gasteiger partial charge in [0.15, 0.2) is 5.82 Å². The van der Waals surface area contributed by atoms with Crippen LogP contribution in [0.2, 0.25) is 0 Å². The highest BCUT2D eigenvalue weighted by atomic mass is 19.4. The van der Waals surface area contributed by atoms with Gasteiger partial charge in [0.05, 0.1) is 17.3 Å². The van der Waals surface area contributed by atoms with E-state index < -0.39 is 17.8 Å². The molecule has 0 aliphatic carbocycles. The van der Waals surface area contributed by atoms with E-state index in [0.717, 1.165) is 55.4 Å². The van der Waals surface area contributed by atoms with Crippen molar-refractivity contribution >= 4 is 0 Å². The van der Waals surface area contributed by atoms with Gasteiger partial charge in [0, 0.05) is 26.2 Å². The van der Waals surface area contributed by atoms with E-state index in [9.17, 15) is 13.2 Å². The van der Waals surface area contributed by atoms with Crippen molar-refractivity contribution in [3.63, 3.8) is 0 Å². The number of rotatable bonds is 8. The van der Waals surface area contributed by atoms with Crippen LogP contribution in [0.1, 0.15) is 46.1 Å². The number of benzene rings is 3. The van der Waals surface area contributed by atoms with Crippen molar-refractivity contribution in [2.75, 3.05) is 32.7 Å². The van der Waals surface area contributed by atoms with E-state index in [1.807, 2.05) is 38.1 Å². The normalized spacial score (nSPS) is 15.9. The summed E-state index contributed by atoms with van der Waals surface area (Å²) >= 11 is 0. The van der Waals surface area contributed by atoms with Gasteiger partial charge in [-0.25, -0.2) is 0 Å². The Balaban J connectivity index is 1.41. The van der Waals surface area contributed by atoms with Crippen LogP contribution >= 0.6 is 0 Å². The van der Waals surface area contributed by atoms with E-state index in [1.165, 1.54) is 17.7 Å². The molecule has 0 unspecified atom stereocenters. The van der Waals surface area contributed by atoms with Gasteiger partial charge in [-0.05, 0) is 78.0 Å². The van der Waals surface area contributed by atoms with Gasteiger partial charge in [-0.3, -0.25) is 4.90 Å². The molecular weight excluding hydrogens is 501 g/mol. The second kappa shape index (κ2) is 11.7. The van der Waals surface area contributed by atoms with Crippen molar-refractivity contribution in [2.24, 2.45) is 0 Å².